The molecule has 130 valence electrons. The van der Waals surface area contributed by atoms with Gasteiger partial charge in [-0.1, -0.05) is 48.5 Å². The van der Waals surface area contributed by atoms with Crippen LogP contribution in [0.3, 0.4) is 0 Å². The number of amides is 1. The molecular weight excluding hydrogens is 330 g/mol. The topological polar surface area (TPSA) is 75.4 Å². The van der Waals surface area contributed by atoms with E-state index in [1.54, 1.807) is 17.0 Å². The predicted molar refractivity (Wildman–Crippen MR) is 94.9 cm³/mol. The molecule has 0 bridgehead atoms. The Kier molecular flexibility index (Phi) is 4.01. The third-order valence-electron chi connectivity index (χ3n) is 4.56. The Morgan fingerprint density at radius 1 is 0.962 bits per heavy atom. The number of benzene rings is 2. The second kappa shape index (κ2) is 6.48. The lowest BCUT2D eigenvalue weighted by molar-refractivity contribution is 0.0658. The maximum atomic E-state index is 13.1. The molecule has 0 radical (unpaired) electrons. The summed E-state index contributed by atoms with van der Waals surface area (Å²) in [4.78, 5) is 30.5. The van der Waals surface area contributed by atoms with Gasteiger partial charge >= 0.3 is 5.97 Å². The summed E-state index contributed by atoms with van der Waals surface area (Å²) < 4.78 is 1.83. The van der Waals surface area contributed by atoms with E-state index in [0.29, 0.717) is 24.5 Å². The van der Waals surface area contributed by atoms with E-state index in [9.17, 15) is 14.7 Å². The van der Waals surface area contributed by atoms with Gasteiger partial charge in [0, 0.05) is 24.8 Å². The van der Waals surface area contributed by atoms with E-state index in [4.69, 9.17) is 0 Å². The molecule has 0 saturated heterocycles. The quantitative estimate of drug-likeness (QED) is 0.790. The lowest BCUT2D eigenvalue weighted by Crippen LogP contribution is -2.42. The van der Waals surface area contributed by atoms with Crippen molar-refractivity contribution in [2.75, 3.05) is 6.54 Å². The first-order valence-electron chi connectivity index (χ1n) is 8.36. The highest BCUT2D eigenvalue weighted by atomic mass is 16.4. The minimum atomic E-state index is -1.07. The number of hydrogen-bond donors (Lipinski definition) is 1. The molecule has 1 atom stereocenters. The van der Waals surface area contributed by atoms with E-state index in [1.807, 2.05) is 53.1 Å². The molecule has 1 aromatic heterocycles. The Morgan fingerprint density at radius 3 is 2.27 bits per heavy atom. The second-order valence-corrected chi connectivity index (χ2v) is 6.16. The third kappa shape index (κ3) is 2.75. The first kappa shape index (κ1) is 16.1. The van der Waals surface area contributed by atoms with Crippen LogP contribution < -0.4 is 0 Å². The van der Waals surface area contributed by atoms with Crippen molar-refractivity contribution in [3.05, 3.63) is 89.5 Å². The number of nitrogens with zero attached hydrogens (tertiary/aromatic N) is 3. The van der Waals surface area contributed by atoms with Crippen molar-refractivity contribution < 1.29 is 14.7 Å². The summed E-state index contributed by atoms with van der Waals surface area (Å²) in [5.74, 6) is -0.589. The summed E-state index contributed by atoms with van der Waals surface area (Å²) in [6.07, 6.45) is 1.54. The maximum absolute atomic E-state index is 13.1. The summed E-state index contributed by atoms with van der Waals surface area (Å²) in [6.45, 7) is 0.993. The largest absolute Gasteiger partial charge is 0.476 e. The zero-order valence-electron chi connectivity index (χ0n) is 13.9. The van der Waals surface area contributed by atoms with Crippen LogP contribution in [0.5, 0.6) is 0 Å². The predicted octanol–water partition coefficient (Wildman–Crippen LogP) is 2.83. The van der Waals surface area contributed by atoms with Gasteiger partial charge in [-0.3, -0.25) is 4.79 Å². The van der Waals surface area contributed by atoms with Gasteiger partial charge in [-0.15, -0.1) is 0 Å². The SMILES string of the molecule is O=C(O)c1cn2c(n1)C(c1ccccc1)N(C(=O)c1ccccc1)CC2. The molecule has 4 rings (SSSR count). The van der Waals surface area contributed by atoms with Gasteiger partial charge in [0.15, 0.2) is 5.69 Å². The first-order valence-corrected chi connectivity index (χ1v) is 8.36. The number of aromatic carboxylic acids is 1. The van der Waals surface area contributed by atoms with E-state index >= 15 is 0 Å². The number of carboxylic acid groups (broad SMARTS) is 1. The normalized spacial score (nSPS) is 16.2. The van der Waals surface area contributed by atoms with Gasteiger partial charge in [0.25, 0.3) is 5.91 Å². The number of carbonyl (C=O) groups excluding carboxylic acids is 1. The molecule has 1 unspecified atom stereocenters. The first-order chi connectivity index (χ1) is 12.6. The van der Waals surface area contributed by atoms with Crippen LogP contribution in [0.4, 0.5) is 0 Å². The standard InChI is InChI=1S/C20H17N3O3/c24-19(15-9-5-2-6-10-15)23-12-11-22-13-16(20(25)26)21-18(22)17(23)14-7-3-1-4-8-14/h1-10,13,17H,11-12H2,(H,25,26). The van der Waals surface area contributed by atoms with Crippen molar-refractivity contribution in [1.82, 2.24) is 14.5 Å². The Hall–Kier alpha value is -3.41. The average molecular weight is 347 g/mol. The molecule has 0 fully saturated rings. The molecule has 0 spiro atoms. The van der Waals surface area contributed by atoms with Crippen molar-refractivity contribution in [3.63, 3.8) is 0 Å². The fourth-order valence-electron chi connectivity index (χ4n) is 3.34. The molecule has 26 heavy (non-hydrogen) atoms. The zero-order valence-corrected chi connectivity index (χ0v) is 13.9. The lowest BCUT2D eigenvalue weighted by Gasteiger charge is -2.36. The monoisotopic (exact) mass is 347 g/mol. The number of carboxylic acids is 1. The minimum absolute atomic E-state index is 0.00468. The van der Waals surface area contributed by atoms with Crippen molar-refractivity contribution in [2.24, 2.45) is 0 Å². The molecule has 0 saturated carbocycles. The van der Waals surface area contributed by atoms with Crippen LogP contribution in [0.2, 0.25) is 0 Å². The van der Waals surface area contributed by atoms with Gasteiger partial charge in [0.05, 0.1) is 0 Å². The molecule has 3 aromatic rings. The molecule has 6 heteroatoms. The van der Waals surface area contributed by atoms with Gasteiger partial charge in [-0.2, -0.15) is 0 Å². The fourth-order valence-corrected chi connectivity index (χ4v) is 3.34. The molecule has 1 N–H and O–H groups in total. The number of hydrogen-bond acceptors (Lipinski definition) is 3. The van der Waals surface area contributed by atoms with Crippen LogP contribution in [0, 0.1) is 0 Å². The van der Waals surface area contributed by atoms with E-state index in [1.165, 1.54) is 6.20 Å². The molecule has 1 aliphatic heterocycles. The third-order valence-corrected chi connectivity index (χ3v) is 4.56. The summed E-state index contributed by atoms with van der Waals surface area (Å²) >= 11 is 0. The summed E-state index contributed by atoms with van der Waals surface area (Å²) in [5.41, 5.74) is 1.50. The number of aromatic nitrogens is 2. The lowest BCUT2D eigenvalue weighted by atomic mass is 10.0. The molecule has 1 aliphatic rings. The summed E-state index contributed by atoms with van der Waals surface area (Å²) in [7, 11) is 0. The number of rotatable bonds is 3. The molecular formula is C20H17N3O3. The Morgan fingerprint density at radius 2 is 1.62 bits per heavy atom. The molecule has 2 heterocycles. The van der Waals surface area contributed by atoms with E-state index < -0.39 is 12.0 Å². The highest BCUT2D eigenvalue weighted by molar-refractivity contribution is 5.94. The summed E-state index contributed by atoms with van der Waals surface area (Å²) in [6, 6.07) is 18.3. The van der Waals surface area contributed by atoms with Gasteiger partial charge in [0.1, 0.15) is 11.9 Å². The number of fused-ring (bicyclic) bond motifs is 1. The van der Waals surface area contributed by atoms with Crippen molar-refractivity contribution in [3.8, 4) is 0 Å². The van der Waals surface area contributed by atoms with Crippen LogP contribution in [0.1, 0.15) is 38.3 Å². The van der Waals surface area contributed by atoms with Crippen LogP contribution in [0.15, 0.2) is 66.9 Å². The molecule has 2 aromatic carbocycles. The molecule has 0 aliphatic carbocycles. The Bertz CT molecular complexity index is 951. The van der Waals surface area contributed by atoms with Crippen LogP contribution in [0.25, 0.3) is 0 Å². The Balaban J connectivity index is 1.81. The fraction of sp³-hybridized carbons (Fsp3) is 0.150. The van der Waals surface area contributed by atoms with Crippen LogP contribution in [-0.2, 0) is 6.54 Å². The van der Waals surface area contributed by atoms with Gasteiger partial charge < -0.3 is 14.6 Å². The molecule has 6 nitrogen and oxygen atoms in total. The minimum Gasteiger partial charge on any atom is -0.476 e. The zero-order chi connectivity index (χ0) is 18.1. The van der Waals surface area contributed by atoms with Crippen LogP contribution in [-0.4, -0.2) is 38.0 Å². The number of imidazole rings is 1. The van der Waals surface area contributed by atoms with Gasteiger partial charge in [0.2, 0.25) is 0 Å². The summed E-state index contributed by atoms with van der Waals surface area (Å²) in [5, 5.41) is 9.29. The van der Waals surface area contributed by atoms with E-state index in [2.05, 4.69) is 4.98 Å². The van der Waals surface area contributed by atoms with E-state index in [-0.39, 0.29) is 11.6 Å². The average Bonchev–Trinajstić information content (AvgIpc) is 3.12. The van der Waals surface area contributed by atoms with Gasteiger partial charge in [-0.25, -0.2) is 9.78 Å². The van der Waals surface area contributed by atoms with Crippen LogP contribution >= 0.6 is 0 Å². The van der Waals surface area contributed by atoms with Gasteiger partial charge in [-0.05, 0) is 17.7 Å². The maximum Gasteiger partial charge on any atom is 0.356 e. The van der Waals surface area contributed by atoms with Crippen molar-refractivity contribution in [2.45, 2.75) is 12.6 Å². The van der Waals surface area contributed by atoms with Crippen molar-refractivity contribution in [1.29, 1.82) is 0 Å². The highest BCUT2D eigenvalue weighted by Crippen LogP contribution is 2.32. The highest BCUT2D eigenvalue weighted by Gasteiger charge is 2.35. The van der Waals surface area contributed by atoms with E-state index in [0.717, 1.165) is 5.56 Å². The molecule has 1 amide bonds. The number of carbonyl (C=O) groups is 2. The van der Waals surface area contributed by atoms with Crippen molar-refractivity contribution >= 4 is 11.9 Å². The Labute approximate surface area is 150 Å². The smallest absolute Gasteiger partial charge is 0.356 e. The second-order valence-electron chi connectivity index (χ2n) is 6.16.